The molecule has 0 radical (unpaired) electrons. The van der Waals surface area contributed by atoms with Crippen LogP contribution >= 0.6 is 0 Å². The molecule has 0 amide bonds. The number of nitrogens with zero attached hydrogens (tertiary/aromatic N) is 1. The lowest BCUT2D eigenvalue weighted by Crippen LogP contribution is -1.86. The normalized spacial score (nSPS) is 11.3. The molecule has 4 aromatic rings. The summed E-state index contributed by atoms with van der Waals surface area (Å²) in [6.07, 6.45) is 0. The minimum Gasteiger partial charge on any atom is -0.448 e. The number of carbonyl (C=O) groups is 1. The van der Waals surface area contributed by atoms with Gasteiger partial charge < -0.3 is 8.83 Å². The molecular weight excluding hydrogens is 266 g/mol. The number of fused-ring (bicyclic) bond motifs is 3. The molecule has 21 heavy (non-hydrogen) atoms. The fraction of sp³-hybridized carbons (Fsp3) is 0.0588. The third-order valence-electron chi connectivity index (χ3n) is 3.44. The van der Waals surface area contributed by atoms with Gasteiger partial charge in [-0.25, -0.2) is 4.98 Å². The molecule has 2 aromatic heterocycles. The second-order valence-corrected chi connectivity index (χ2v) is 4.87. The minimum atomic E-state index is -0.122. The Balaban J connectivity index is 1.93. The van der Waals surface area contributed by atoms with Crippen molar-refractivity contribution in [2.45, 2.75) is 6.92 Å². The Kier molecular flexibility index (Phi) is 2.44. The van der Waals surface area contributed by atoms with Crippen LogP contribution in [0.5, 0.6) is 0 Å². The van der Waals surface area contributed by atoms with Crippen LogP contribution < -0.4 is 0 Å². The van der Waals surface area contributed by atoms with E-state index in [2.05, 4.69) is 4.98 Å². The first kappa shape index (κ1) is 11.9. The zero-order chi connectivity index (χ0) is 14.4. The maximum Gasteiger partial charge on any atom is 0.263 e. The molecule has 102 valence electrons. The van der Waals surface area contributed by atoms with Crippen molar-refractivity contribution in [1.82, 2.24) is 4.98 Å². The molecule has 4 rings (SSSR count). The van der Waals surface area contributed by atoms with Crippen LogP contribution in [-0.4, -0.2) is 10.8 Å². The fourth-order valence-electron chi connectivity index (χ4n) is 2.40. The van der Waals surface area contributed by atoms with E-state index >= 15 is 0 Å². The van der Waals surface area contributed by atoms with Gasteiger partial charge >= 0.3 is 0 Å². The van der Waals surface area contributed by atoms with Crippen molar-refractivity contribution in [3.8, 4) is 11.7 Å². The Hall–Kier alpha value is -2.88. The van der Waals surface area contributed by atoms with Crippen molar-refractivity contribution >= 4 is 27.7 Å². The van der Waals surface area contributed by atoms with Gasteiger partial charge in [0.2, 0.25) is 0 Å². The topological polar surface area (TPSA) is 56.2 Å². The monoisotopic (exact) mass is 277 g/mol. The SMILES string of the molecule is CC(=O)c1ccc(-c2nc3ccc4ccccc4c3o2)o1. The van der Waals surface area contributed by atoms with Crippen LogP contribution in [0.3, 0.4) is 0 Å². The minimum absolute atomic E-state index is 0.122. The maximum absolute atomic E-state index is 11.3. The van der Waals surface area contributed by atoms with Crippen LogP contribution in [0.25, 0.3) is 33.5 Å². The number of benzene rings is 2. The molecule has 0 bridgehead atoms. The van der Waals surface area contributed by atoms with Crippen molar-refractivity contribution in [3.05, 3.63) is 54.3 Å². The lowest BCUT2D eigenvalue weighted by molar-refractivity contribution is 0.0988. The maximum atomic E-state index is 11.3. The number of furan rings is 1. The highest BCUT2D eigenvalue weighted by Gasteiger charge is 2.15. The average Bonchev–Trinajstić information content (AvgIpc) is 3.13. The predicted molar refractivity (Wildman–Crippen MR) is 79.2 cm³/mol. The Morgan fingerprint density at radius 1 is 1.00 bits per heavy atom. The summed E-state index contributed by atoms with van der Waals surface area (Å²) in [5, 5.41) is 2.10. The van der Waals surface area contributed by atoms with E-state index < -0.39 is 0 Å². The van der Waals surface area contributed by atoms with E-state index in [1.807, 2.05) is 36.4 Å². The van der Waals surface area contributed by atoms with Gasteiger partial charge in [0.15, 0.2) is 22.9 Å². The zero-order valence-corrected chi connectivity index (χ0v) is 11.3. The molecule has 0 aliphatic carbocycles. The number of Topliss-reactive ketones (excluding diaryl/α,β-unsaturated/α-hetero) is 1. The molecule has 4 nitrogen and oxygen atoms in total. The van der Waals surface area contributed by atoms with E-state index in [0.717, 1.165) is 21.9 Å². The highest BCUT2D eigenvalue weighted by Crippen LogP contribution is 2.30. The molecule has 0 fully saturated rings. The fourth-order valence-corrected chi connectivity index (χ4v) is 2.40. The van der Waals surface area contributed by atoms with Crippen molar-refractivity contribution in [3.63, 3.8) is 0 Å². The van der Waals surface area contributed by atoms with Gasteiger partial charge in [0.05, 0.1) is 0 Å². The first-order valence-corrected chi connectivity index (χ1v) is 6.62. The Labute approximate surface area is 120 Å². The Morgan fingerprint density at radius 2 is 1.86 bits per heavy atom. The summed E-state index contributed by atoms with van der Waals surface area (Å²) in [5.74, 6) is 1.02. The Morgan fingerprint density at radius 3 is 2.67 bits per heavy atom. The Bertz CT molecular complexity index is 978. The summed E-state index contributed by atoms with van der Waals surface area (Å²) in [4.78, 5) is 15.7. The van der Waals surface area contributed by atoms with Crippen LogP contribution in [0.4, 0.5) is 0 Å². The second kappa shape index (κ2) is 4.31. The molecule has 0 spiro atoms. The number of hydrogen-bond donors (Lipinski definition) is 0. The van der Waals surface area contributed by atoms with E-state index in [-0.39, 0.29) is 5.78 Å². The van der Waals surface area contributed by atoms with E-state index in [4.69, 9.17) is 8.83 Å². The third-order valence-corrected chi connectivity index (χ3v) is 3.44. The molecule has 0 aliphatic rings. The molecule has 2 aromatic carbocycles. The molecule has 0 aliphatic heterocycles. The van der Waals surface area contributed by atoms with Crippen LogP contribution in [0.1, 0.15) is 17.5 Å². The van der Waals surface area contributed by atoms with Gasteiger partial charge in [-0.3, -0.25) is 4.79 Å². The number of carbonyl (C=O) groups excluding carboxylic acids is 1. The first-order chi connectivity index (χ1) is 10.2. The van der Waals surface area contributed by atoms with E-state index in [0.29, 0.717) is 17.4 Å². The van der Waals surface area contributed by atoms with E-state index in [1.165, 1.54) is 6.92 Å². The largest absolute Gasteiger partial charge is 0.448 e. The number of oxazole rings is 1. The van der Waals surface area contributed by atoms with Crippen LogP contribution in [0, 0.1) is 0 Å². The van der Waals surface area contributed by atoms with Gasteiger partial charge in [-0.05, 0) is 23.6 Å². The number of hydrogen-bond acceptors (Lipinski definition) is 4. The highest BCUT2D eigenvalue weighted by molar-refractivity contribution is 6.03. The molecule has 0 N–H and O–H groups in total. The summed E-state index contributed by atoms with van der Waals surface area (Å²) in [7, 11) is 0. The molecule has 0 atom stereocenters. The van der Waals surface area contributed by atoms with Crippen molar-refractivity contribution < 1.29 is 13.6 Å². The smallest absolute Gasteiger partial charge is 0.263 e. The van der Waals surface area contributed by atoms with Gasteiger partial charge in [-0.2, -0.15) is 0 Å². The first-order valence-electron chi connectivity index (χ1n) is 6.62. The number of rotatable bonds is 2. The van der Waals surface area contributed by atoms with E-state index in [9.17, 15) is 4.79 Å². The van der Waals surface area contributed by atoms with Crippen molar-refractivity contribution in [2.75, 3.05) is 0 Å². The lowest BCUT2D eigenvalue weighted by atomic mass is 10.1. The summed E-state index contributed by atoms with van der Waals surface area (Å²) in [6.45, 7) is 1.46. The summed E-state index contributed by atoms with van der Waals surface area (Å²) >= 11 is 0. The van der Waals surface area contributed by atoms with Crippen molar-refractivity contribution in [2.24, 2.45) is 0 Å². The number of aromatic nitrogens is 1. The van der Waals surface area contributed by atoms with E-state index in [1.54, 1.807) is 12.1 Å². The predicted octanol–water partition coefficient (Wildman–Crippen LogP) is 4.44. The zero-order valence-electron chi connectivity index (χ0n) is 11.3. The summed E-state index contributed by atoms with van der Waals surface area (Å²) in [6, 6.07) is 15.2. The van der Waals surface area contributed by atoms with Crippen LogP contribution in [-0.2, 0) is 0 Å². The molecule has 2 heterocycles. The summed E-state index contributed by atoms with van der Waals surface area (Å²) < 4.78 is 11.3. The highest BCUT2D eigenvalue weighted by atomic mass is 16.4. The molecule has 0 saturated carbocycles. The molecular formula is C17H11NO3. The van der Waals surface area contributed by atoms with Crippen molar-refractivity contribution in [1.29, 1.82) is 0 Å². The molecule has 0 saturated heterocycles. The quantitative estimate of drug-likeness (QED) is 0.508. The van der Waals surface area contributed by atoms with Gasteiger partial charge in [0.25, 0.3) is 5.89 Å². The molecule has 0 unspecified atom stereocenters. The standard InChI is InChI=1S/C17H11NO3/c1-10(19)14-8-9-15(20-14)17-18-13-7-6-11-4-2-3-5-12(11)16(13)21-17/h2-9H,1H3. The second-order valence-electron chi connectivity index (χ2n) is 4.87. The third kappa shape index (κ3) is 1.84. The summed E-state index contributed by atoms with van der Waals surface area (Å²) in [5.41, 5.74) is 1.49. The number of ketones is 1. The van der Waals surface area contributed by atoms with Gasteiger partial charge in [-0.1, -0.05) is 30.3 Å². The van der Waals surface area contributed by atoms with Gasteiger partial charge in [-0.15, -0.1) is 0 Å². The lowest BCUT2D eigenvalue weighted by Gasteiger charge is -1.95. The van der Waals surface area contributed by atoms with Crippen LogP contribution in [0.2, 0.25) is 0 Å². The van der Waals surface area contributed by atoms with Gasteiger partial charge in [0.1, 0.15) is 5.52 Å². The van der Waals surface area contributed by atoms with Crippen LogP contribution in [0.15, 0.2) is 57.4 Å². The van der Waals surface area contributed by atoms with Gasteiger partial charge in [0, 0.05) is 12.3 Å². The molecule has 4 heteroatoms. The average molecular weight is 277 g/mol.